The van der Waals surface area contributed by atoms with Crippen molar-refractivity contribution in [2.45, 2.75) is 25.0 Å². The molecule has 2 aliphatic heterocycles. The highest BCUT2D eigenvalue weighted by molar-refractivity contribution is 5.33. The van der Waals surface area contributed by atoms with Crippen molar-refractivity contribution < 1.29 is 4.74 Å². The zero-order valence-electron chi connectivity index (χ0n) is 8.48. The lowest BCUT2D eigenvalue weighted by molar-refractivity contribution is -0.0136. The standard InChI is InChI=1S/C11H14N2O2/c12-9-5-13(2-1-10(9)14)7-11-3-8(4-11)6-15-11/h1-2,5,8H,3-4,6-7,12H2. The van der Waals surface area contributed by atoms with Crippen LogP contribution >= 0.6 is 0 Å². The average Bonchev–Trinajstić information content (AvgIpc) is 2.70. The molecule has 4 nitrogen and oxygen atoms in total. The van der Waals surface area contributed by atoms with Crippen LogP contribution in [0.1, 0.15) is 12.8 Å². The fraction of sp³-hybridized carbons (Fsp3) is 0.545. The van der Waals surface area contributed by atoms with Crippen molar-refractivity contribution in [3.63, 3.8) is 0 Å². The minimum atomic E-state index is -0.109. The Kier molecular flexibility index (Phi) is 1.71. The molecule has 15 heavy (non-hydrogen) atoms. The molecule has 0 aromatic carbocycles. The summed E-state index contributed by atoms with van der Waals surface area (Å²) < 4.78 is 7.71. The first-order valence-electron chi connectivity index (χ1n) is 5.26. The van der Waals surface area contributed by atoms with Crippen molar-refractivity contribution in [3.8, 4) is 0 Å². The van der Waals surface area contributed by atoms with Crippen LogP contribution in [0.5, 0.6) is 0 Å². The van der Waals surface area contributed by atoms with E-state index in [1.165, 1.54) is 6.07 Å². The third kappa shape index (κ3) is 1.36. The van der Waals surface area contributed by atoms with Gasteiger partial charge in [0, 0.05) is 18.5 Å². The average molecular weight is 206 g/mol. The van der Waals surface area contributed by atoms with Gasteiger partial charge in [0.05, 0.1) is 24.4 Å². The second-order valence-electron chi connectivity index (χ2n) is 4.71. The van der Waals surface area contributed by atoms with E-state index in [0.29, 0.717) is 5.69 Å². The third-order valence-corrected chi connectivity index (χ3v) is 3.42. The van der Waals surface area contributed by atoms with Crippen molar-refractivity contribution in [3.05, 3.63) is 28.7 Å². The summed E-state index contributed by atoms with van der Waals surface area (Å²) in [6.45, 7) is 1.71. The van der Waals surface area contributed by atoms with Crippen LogP contribution in [0.3, 0.4) is 0 Å². The lowest BCUT2D eigenvalue weighted by atomic mass is 9.74. The molecule has 3 fully saturated rings. The van der Waals surface area contributed by atoms with Gasteiger partial charge in [0.2, 0.25) is 5.43 Å². The zero-order valence-corrected chi connectivity index (χ0v) is 8.48. The molecule has 0 unspecified atom stereocenters. The molecule has 80 valence electrons. The predicted octanol–water partition coefficient (Wildman–Crippen LogP) is 0.610. The number of fused-ring (bicyclic) bond motifs is 1. The summed E-state index contributed by atoms with van der Waals surface area (Å²) in [5.74, 6) is 0.765. The maximum Gasteiger partial charge on any atom is 0.204 e. The van der Waals surface area contributed by atoms with Crippen molar-refractivity contribution >= 4 is 5.69 Å². The number of pyridine rings is 1. The number of ether oxygens (including phenoxy) is 1. The van der Waals surface area contributed by atoms with Gasteiger partial charge in [-0.15, -0.1) is 0 Å². The number of aromatic nitrogens is 1. The Hall–Kier alpha value is -1.29. The monoisotopic (exact) mass is 206 g/mol. The molecule has 0 amide bonds. The Balaban J connectivity index is 1.82. The van der Waals surface area contributed by atoms with E-state index in [-0.39, 0.29) is 11.0 Å². The van der Waals surface area contributed by atoms with Gasteiger partial charge in [-0.25, -0.2) is 0 Å². The summed E-state index contributed by atoms with van der Waals surface area (Å²) >= 11 is 0. The molecule has 1 aliphatic carbocycles. The number of nitrogen functional groups attached to an aromatic ring is 1. The highest BCUT2D eigenvalue weighted by atomic mass is 16.5. The summed E-state index contributed by atoms with van der Waals surface area (Å²) in [5, 5.41) is 0. The Bertz CT molecular complexity index is 441. The number of rotatable bonds is 2. The van der Waals surface area contributed by atoms with Gasteiger partial charge >= 0.3 is 0 Å². The van der Waals surface area contributed by atoms with Crippen molar-refractivity contribution in [2.75, 3.05) is 12.3 Å². The molecule has 1 aromatic rings. The molecule has 4 rings (SSSR count). The Labute approximate surface area is 87.7 Å². The van der Waals surface area contributed by atoms with E-state index in [9.17, 15) is 4.79 Å². The second kappa shape index (κ2) is 2.85. The molecule has 0 atom stereocenters. The predicted molar refractivity (Wildman–Crippen MR) is 56.5 cm³/mol. The van der Waals surface area contributed by atoms with Crippen LogP contribution < -0.4 is 11.2 Å². The summed E-state index contributed by atoms with van der Waals surface area (Å²) in [7, 11) is 0. The van der Waals surface area contributed by atoms with Crippen molar-refractivity contribution in [1.82, 2.24) is 4.57 Å². The molecular weight excluding hydrogens is 192 g/mol. The molecule has 4 heteroatoms. The largest absolute Gasteiger partial charge is 0.394 e. The van der Waals surface area contributed by atoms with Crippen LogP contribution in [0.4, 0.5) is 5.69 Å². The number of anilines is 1. The fourth-order valence-corrected chi connectivity index (χ4v) is 2.67. The minimum Gasteiger partial charge on any atom is -0.394 e. The van der Waals surface area contributed by atoms with E-state index in [2.05, 4.69) is 0 Å². The summed E-state index contributed by atoms with van der Waals surface area (Å²) in [5.41, 5.74) is 5.81. The first-order valence-corrected chi connectivity index (χ1v) is 5.26. The van der Waals surface area contributed by atoms with Gasteiger partial charge in [0.25, 0.3) is 0 Å². The number of nitrogens with zero attached hydrogens (tertiary/aromatic N) is 1. The molecule has 2 bridgehead atoms. The Morgan fingerprint density at radius 2 is 2.40 bits per heavy atom. The van der Waals surface area contributed by atoms with E-state index >= 15 is 0 Å². The molecule has 0 radical (unpaired) electrons. The van der Waals surface area contributed by atoms with Gasteiger partial charge in [-0.2, -0.15) is 0 Å². The fourth-order valence-electron chi connectivity index (χ4n) is 2.67. The second-order valence-corrected chi connectivity index (χ2v) is 4.71. The number of hydrogen-bond donors (Lipinski definition) is 1. The van der Waals surface area contributed by atoms with E-state index < -0.39 is 0 Å². The van der Waals surface area contributed by atoms with E-state index in [1.807, 2.05) is 4.57 Å². The lowest BCUT2D eigenvalue weighted by Crippen LogP contribution is -2.40. The molecule has 3 heterocycles. The van der Waals surface area contributed by atoms with Gasteiger partial charge < -0.3 is 15.0 Å². The molecule has 2 saturated heterocycles. The Morgan fingerprint density at radius 3 is 3.00 bits per heavy atom. The van der Waals surface area contributed by atoms with Crippen LogP contribution in [0.25, 0.3) is 0 Å². The van der Waals surface area contributed by atoms with Crippen LogP contribution in [0, 0.1) is 5.92 Å². The maximum atomic E-state index is 11.1. The maximum absolute atomic E-state index is 11.1. The van der Waals surface area contributed by atoms with Crippen LogP contribution in [-0.4, -0.2) is 16.8 Å². The molecule has 0 spiro atoms. The van der Waals surface area contributed by atoms with Gasteiger partial charge in [0.1, 0.15) is 0 Å². The van der Waals surface area contributed by atoms with Crippen molar-refractivity contribution in [2.24, 2.45) is 5.92 Å². The smallest absolute Gasteiger partial charge is 0.204 e. The van der Waals surface area contributed by atoms with Gasteiger partial charge in [-0.05, 0) is 18.8 Å². The highest BCUT2D eigenvalue weighted by Crippen LogP contribution is 2.49. The third-order valence-electron chi connectivity index (χ3n) is 3.42. The van der Waals surface area contributed by atoms with Gasteiger partial charge in [-0.1, -0.05) is 0 Å². The number of hydrogen-bond acceptors (Lipinski definition) is 3. The number of nitrogens with two attached hydrogens (primary N) is 1. The first-order chi connectivity index (χ1) is 7.17. The summed E-state index contributed by atoms with van der Waals surface area (Å²) in [4.78, 5) is 11.1. The van der Waals surface area contributed by atoms with Crippen LogP contribution in [-0.2, 0) is 11.3 Å². The first kappa shape index (κ1) is 8.97. The van der Waals surface area contributed by atoms with E-state index in [4.69, 9.17) is 10.5 Å². The van der Waals surface area contributed by atoms with Crippen molar-refractivity contribution in [1.29, 1.82) is 0 Å². The normalized spacial score (nSPS) is 32.7. The highest BCUT2D eigenvalue weighted by Gasteiger charge is 2.51. The quantitative estimate of drug-likeness (QED) is 0.771. The zero-order chi connectivity index (χ0) is 10.5. The molecule has 1 aromatic heterocycles. The summed E-state index contributed by atoms with van der Waals surface area (Å²) in [6.07, 6.45) is 5.78. The SMILES string of the molecule is Nc1cn(CC23CC(CO2)C3)ccc1=O. The van der Waals surface area contributed by atoms with Crippen LogP contribution in [0.15, 0.2) is 23.3 Å². The topological polar surface area (TPSA) is 57.2 Å². The van der Waals surface area contributed by atoms with E-state index in [0.717, 1.165) is 31.9 Å². The van der Waals surface area contributed by atoms with Gasteiger partial charge in [-0.3, -0.25) is 4.79 Å². The Morgan fingerprint density at radius 1 is 1.60 bits per heavy atom. The summed E-state index contributed by atoms with van der Waals surface area (Å²) in [6, 6.07) is 1.51. The van der Waals surface area contributed by atoms with Crippen LogP contribution in [0.2, 0.25) is 0 Å². The molecule has 3 aliphatic rings. The lowest BCUT2D eigenvalue weighted by Gasteiger charge is -2.36. The molecule has 2 N–H and O–H groups in total. The minimum absolute atomic E-state index is 0.0339. The molecular formula is C11H14N2O2. The molecule has 1 saturated carbocycles. The van der Waals surface area contributed by atoms with E-state index in [1.54, 1.807) is 12.4 Å². The van der Waals surface area contributed by atoms with Gasteiger partial charge in [0.15, 0.2) is 0 Å².